The van der Waals surface area contributed by atoms with Gasteiger partial charge in [-0.05, 0) is 19.4 Å². The molecule has 2 amide bonds. The van der Waals surface area contributed by atoms with Gasteiger partial charge in [0.2, 0.25) is 11.8 Å². The molecule has 0 aromatic rings. The van der Waals surface area contributed by atoms with E-state index in [1.54, 1.807) is 26.1 Å². The van der Waals surface area contributed by atoms with E-state index in [9.17, 15) is 9.59 Å². The molecule has 0 aromatic carbocycles. The van der Waals surface area contributed by atoms with Gasteiger partial charge in [-0.15, -0.1) is 12.4 Å². The zero-order valence-corrected chi connectivity index (χ0v) is 13.4. The summed E-state index contributed by atoms with van der Waals surface area (Å²) in [6.07, 6.45) is 2.61. The Bertz CT molecular complexity index is 307. The third-order valence-electron chi connectivity index (χ3n) is 3.33. The smallest absolute Gasteiger partial charge is 0.241 e. The van der Waals surface area contributed by atoms with Crippen LogP contribution < -0.4 is 5.32 Å². The normalized spacial score (nSPS) is 17.4. The van der Waals surface area contributed by atoms with E-state index in [1.807, 2.05) is 0 Å². The van der Waals surface area contributed by atoms with Crippen LogP contribution in [0.1, 0.15) is 19.3 Å². The molecule has 1 rings (SSSR count). The predicted octanol–water partition coefficient (Wildman–Crippen LogP) is 0.114. The van der Waals surface area contributed by atoms with Crippen LogP contribution in [-0.2, 0) is 14.3 Å². The van der Waals surface area contributed by atoms with Gasteiger partial charge in [0.1, 0.15) is 0 Å². The summed E-state index contributed by atoms with van der Waals surface area (Å²) in [4.78, 5) is 27.0. The second kappa shape index (κ2) is 9.96. The molecule has 1 N–H and O–H groups in total. The van der Waals surface area contributed by atoms with Gasteiger partial charge in [0.25, 0.3) is 0 Å². The van der Waals surface area contributed by atoms with E-state index in [4.69, 9.17) is 4.74 Å². The number of carbonyl (C=O) groups is 2. The fourth-order valence-corrected chi connectivity index (χ4v) is 2.07. The van der Waals surface area contributed by atoms with E-state index >= 15 is 0 Å². The predicted molar refractivity (Wildman–Crippen MR) is 80.0 cm³/mol. The van der Waals surface area contributed by atoms with Gasteiger partial charge in [-0.2, -0.15) is 0 Å². The Morgan fingerprint density at radius 3 is 2.50 bits per heavy atom. The Kier molecular flexibility index (Phi) is 9.54. The number of nitrogens with one attached hydrogen (secondary N) is 1. The molecule has 1 unspecified atom stereocenters. The number of hydrogen-bond acceptors (Lipinski definition) is 4. The van der Waals surface area contributed by atoms with E-state index in [-0.39, 0.29) is 36.8 Å². The Balaban J connectivity index is 0.00000361. The van der Waals surface area contributed by atoms with Gasteiger partial charge in [0.05, 0.1) is 13.2 Å². The Labute approximate surface area is 127 Å². The Morgan fingerprint density at radius 2 is 2.00 bits per heavy atom. The number of methoxy groups -OCH3 is 1. The molecule has 1 saturated heterocycles. The van der Waals surface area contributed by atoms with Crippen molar-refractivity contribution in [1.82, 2.24) is 15.1 Å². The maximum atomic E-state index is 12.2. The lowest BCUT2D eigenvalue weighted by Gasteiger charge is -2.24. The van der Waals surface area contributed by atoms with Crippen LogP contribution in [0.3, 0.4) is 0 Å². The van der Waals surface area contributed by atoms with Crippen molar-refractivity contribution in [2.24, 2.45) is 0 Å². The number of carbonyl (C=O) groups excluding carboxylic acids is 2. The van der Waals surface area contributed by atoms with Gasteiger partial charge in [0, 0.05) is 40.2 Å². The highest BCUT2D eigenvalue weighted by atomic mass is 35.5. The minimum Gasteiger partial charge on any atom is -0.383 e. The largest absolute Gasteiger partial charge is 0.383 e. The lowest BCUT2D eigenvalue weighted by molar-refractivity contribution is -0.140. The van der Waals surface area contributed by atoms with E-state index < -0.39 is 0 Å². The molecule has 1 aliphatic heterocycles. The fraction of sp³-hybridized carbons (Fsp3) is 0.846. The molecule has 7 heteroatoms. The molecule has 20 heavy (non-hydrogen) atoms. The van der Waals surface area contributed by atoms with Crippen molar-refractivity contribution in [3.63, 3.8) is 0 Å². The van der Waals surface area contributed by atoms with Gasteiger partial charge in [0.15, 0.2) is 0 Å². The Hall–Kier alpha value is -0.850. The van der Waals surface area contributed by atoms with Crippen molar-refractivity contribution in [2.75, 3.05) is 47.4 Å². The SMILES string of the molecule is COCCN(CC(=O)N(C)C)C(=O)CC1CCCN1.Cl. The minimum absolute atomic E-state index is 0. The summed E-state index contributed by atoms with van der Waals surface area (Å²) in [6.45, 7) is 2.01. The van der Waals surface area contributed by atoms with E-state index in [1.165, 1.54) is 4.90 Å². The molecule has 1 aliphatic rings. The third-order valence-corrected chi connectivity index (χ3v) is 3.33. The minimum atomic E-state index is -0.0659. The number of rotatable bonds is 7. The van der Waals surface area contributed by atoms with Gasteiger partial charge < -0.3 is 19.9 Å². The molecule has 118 valence electrons. The van der Waals surface area contributed by atoms with Crippen LogP contribution in [0.4, 0.5) is 0 Å². The van der Waals surface area contributed by atoms with Crippen molar-refractivity contribution in [1.29, 1.82) is 0 Å². The highest BCUT2D eigenvalue weighted by Crippen LogP contribution is 2.10. The van der Waals surface area contributed by atoms with E-state index in [0.717, 1.165) is 19.4 Å². The average Bonchev–Trinajstić information content (AvgIpc) is 2.86. The van der Waals surface area contributed by atoms with Gasteiger partial charge in [-0.1, -0.05) is 0 Å². The first kappa shape index (κ1) is 19.1. The fourth-order valence-electron chi connectivity index (χ4n) is 2.07. The summed E-state index contributed by atoms with van der Waals surface area (Å²) >= 11 is 0. The molecule has 0 saturated carbocycles. The maximum absolute atomic E-state index is 12.2. The standard InChI is InChI=1S/C13H25N3O3.ClH/c1-15(2)13(18)10-16(7-8-19-3)12(17)9-11-5-4-6-14-11;/h11,14H,4-10H2,1-3H3;1H. The number of amides is 2. The van der Waals surface area contributed by atoms with Crippen LogP contribution in [-0.4, -0.2) is 75.1 Å². The lowest BCUT2D eigenvalue weighted by Crippen LogP contribution is -2.43. The zero-order valence-electron chi connectivity index (χ0n) is 12.6. The highest BCUT2D eigenvalue weighted by Gasteiger charge is 2.23. The average molecular weight is 308 g/mol. The molecule has 0 bridgehead atoms. The van der Waals surface area contributed by atoms with Crippen molar-refractivity contribution < 1.29 is 14.3 Å². The summed E-state index contributed by atoms with van der Waals surface area (Å²) in [7, 11) is 4.98. The van der Waals surface area contributed by atoms with Crippen LogP contribution >= 0.6 is 12.4 Å². The quantitative estimate of drug-likeness (QED) is 0.725. The zero-order chi connectivity index (χ0) is 14.3. The van der Waals surface area contributed by atoms with Crippen LogP contribution in [0.15, 0.2) is 0 Å². The van der Waals surface area contributed by atoms with Gasteiger partial charge in [-0.25, -0.2) is 0 Å². The van der Waals surface area contributed by atoms with Crippen LogP contribution in [0, 0.1) is 0 Å². The first-order chi connectivity index (χ1) is 9.04. The molecule has 1 fully saturated rings. The number of hydrogen-bond donors (Lipinski definition) is 1. The second-order valence-corrected chi connectivity index (χ2v) is 5.09. The molecule has 1 atom stereocenters. The highest BCUT2D eigenvalue weighted by molar-refractivity contribution is 5.85. The number of halogens is 1. The van der Waals surface area contributed by atoms with Crippen molar-refractivity contribution in [3.8, 4) is 0 Å². The molecule has 6 nitrogen and oxygen atoms in total. The van der Waals surface area contributed by atoms with E-state index in [0.29, 0.717) is 19.6 Å². The molecule has 0 radical (unpaired) electrons. The molecule has 0 spiro atoms. The summed E-state index contributed by atoms with van der Waals surface area (Å²) in [6, 6.07) is 0.256. The summed E-state index contributed by atoms with van der Waals surface area (Å²) in [5, 5.41) is 3.30. The molecule has 0 aromatic heterocycles. The number of ether oxygens (including phenoxy) is 1. The topological polar surface area (TPSA) is 61.9 Å². The van der Waals surface area contributed by atoms with Crippen LogP contribution in [0.2, 0.25) is 0 Å². The summed E-state index contributed by atoms with van der Waals surface area (Å²) in [5.74, 6) is -0.0458. The lowest BCUT2D eigenvalue weighted by atomic mass is 10.1. The van der Waals surface area contributed by atoms with Gasteiger partial charge >= 0.3 is 0 Å². The van der Waals surface area contributed by atoms with Gasteiger partial charge in [-0.3, -0.25) is 9.59 Å². The van der Waals surface area contributed by atoms with Crippen molar-refractivity contribution in [3.05, 3.63) is 0 Å². The molecular weight excluding hydrogens is 282 g/mol. The number of nitrogens with zero attached hydrogens (tertiary/aromatic N) is 2. The van der Waals surface area contributed by atoms with E-state index in [2.05, 4.69) is 5.32 Å². The summed E-state index contributed by atoms with van der Waals surface area (Å²) in [5.41, 5.74) is 0. The second-order valence-electron chi connectivity index (χ2n) is 5.09. The van der Waals surface area contributed by atoms with Crippen LogP contribution in [0.5, 0.6) is 0 Å². The molecule has 1 heterocycles. The molecular formula is C13H26ClN3O3. The van der Waals surface area contributed by atoms with Crippen molar-refractivity contribution in [2.45, 2.75) is 25.3 Å². The monoisotopic (exact) mass is 307 g/mol. The maximum Gasteiger partial charge on any atom is 0.241 e. The van der Waals surface area contributed by atoms with Crippen molar-refractivity contribution >= 4 is 24.2 Å². The molecule has 0 aliphatic carbocycles. The first-order valence-corrected chi connectivity index (χ1v) is 6.75. The summed E-state index contributed by atoms with van der Waals surface area (Å²) < 4.78 is 5.00. The number of likely N-dealkylation sites (N-methyl/N-ethyl adjacent to an activating group) is 1. The first-order valence-electron chi connectivity index (χ1n) is 6.75. The Morgan fingerprint density at radius 1 is 1.30 bits per heavy atom. The third kappa shape index (κ3) is 6.54. The van der Waals surface area contributed by atoms with Crippen LogP contribution in [0.25, 0.3) is 0 Å².